The molecule has 0 aliphatic heterocycles. The lowest BCUT2D eigenvalue weighted by atomic mass is 10.1. The van der Waals surface area contributed by atoms with E-state index in [9.17, 15) is 9.59 Å². The van der Waals surface area contributed by atoms with Gasteiger partial charge in [0.05, 0.1) is 18.3 Å². The number of carbonyl (C=O) groups is 1. The smallest absolute Gasteiger partial charge is 0.226 e. The van der Waals surface area contributed by atoms with Crippen LogP contribution in [-0.2, 0) is 17.8 Å². The van der Waals surface area contributed by atoms with Crippen LogP contribution in [0.2, 0.25) is 0 Å². The number of nitrogens with one attached hydrogen (secondary N) is 1. The number of amides is 1. The van der Waals surface area contributed by atoms with Crippen molar-refractivity contribution in [3.05, 3.63) is 70.5 Å². The highest BCUT2D eigenvalue weighted by Crippen LogP contribution is 2.13. The minimum atomic E-state index is -0.107. The fourth-order valence-corrected chi connectivity index (χ4v) is 2.91. The average molecular weight is 349 g/mol. The number of aryl methyl sites for hydroxylation is 2. The molecular formula is C21H23N3O2. The summed E-state index contributed by atoms with van der Waals surface area (Å²) < 4.78 is 1.70. The van der Waals surface area contributed by atoms with Gasteiger partial charge in [0.2, 0.25) is 11.3 Å². The number of para-hydroxylation sites is 1. The number of hydrogen-bond donors (Lipinski definition) is 1. The zero-order valence-electron chi connectivity index (χ0n) is 14.9. The van der Waals surface area contributed by atoms with Crippen LogP contribution in [0.25, 0.3) is 10.9 Å². The van der Waals surface area contributed by atoms with Crippen LogP contribution in [0.3, 0.4) is 0 Å². The summed E-state index contributed by atoms with van der Waals surface area (Å²) in [5.74, 6) is -0.0733. The normalized spacial score (nSPS) is 10.8. The number of hydrogen-bond acceptors (Lipinski definition) is 3. The number of rotatable bonds is 7. The lowest BCUT2D eigenvalue weighted by molar-refractivity contribution is -0.116. The van der Waals surface area contributed by atoms with Gasteiger partial charge in [-0.25, -0.2) is 0 Å². The molecule has 1 aromatic heterocycles. The number of benzene rings is 2. The number of aromatic nitrogens is 2. The second kappa shape index (κ2) is 8.43. The average Bonchev–Trinajstić information content (AvgIpc) is 2.67. The van der Waals surface area contributed by atoms with E-state index < -0.39 is 0 Å². The molecular weight excluding hydrogens is 326 g/mol. The first-order valence-corrected chi connectivity index (χ1v) is 9.01. The minimum absolute atomic E-state index is 0.0733. The van der Waals surface area contributed by atoms with E-state index in [4.69, 9.17) is 0 Å². The predicted octanol–water partition coefficient (Wildman–Crippen LogP) is 3.77. The maximum atomic E-state index is 12.2. The van der Waals surface area contributed by atoms with Crippen molar-refractivity contribution in [1.29, 1.82) is 0 Å². The molecule has 0 bridgehead atoms. The Morgan fingerprint density at radius 3 is 2.65 bits per heavy atom. The topological polar surface area (TPSA) is 64.0 Å². The highest BCUT2D eigenvalue weighted by atomic mass is 16.1. The van der Waals surface area contributed by atoms with Gasteiger partial charge in [-0.05, 0) is 42.7 Å². The number of carbonyl (C=O) groups excluding carboxylic acids is 1. The highest BCUT2D eigenvalue weighted by molar-refractivity contribution is 5.90. The maximum absolute atomic E-state index is 12.2. The molecule has 0 saturated carbocycles. The van der Waals surface area contributed by atoms with Crippen molar-refractivity contribution in [3.63, 3.8) is 0 Å². The number of unbranched alkanes of at least 4 members (excludes halogenated alkanes) is 1. The molecule has 0 spiro atoms. The van der Waals surface area contributed by atoms with E-state index in [0.29, 0.717) is 11.9 Å². The Morgan fingerprint density at radius 1 is 1.12 bits per heavy atom. The first-order chi connectivity index (χ1) is 12.7. The van der Waals surface area contributed by atoms with Crippen molar-refractivity contribution in [3.8, 4) is 0 Å². The van der Waals surface area contributed by atoms with Crippen molar-refractivity contribution >= 4 is 22.5 Å². The zero-order valence-corrected chi connectivity index (χ0v) is 14.9. The molecule has 0 aliphatic carbocycles. The van der Waals surface area contributed by atoms with Gasteiger partial charge in [-0.1, -0.05) is 37.6 Å². The summed E-state index contributed by atoms with van der Waals surface area (Å²) in [7, 11) is 0. The van der Waals surface area contributed by atoms with Crippen LogP contribution < -0.4 is 10.7 Å². The van der Waals surface area contributed by atoms with Crippen LogP contribution in [0.4, 0.5) is 5.69 Å². The van der Waals surface area contributed by atoms with Crippen LogP contribution >= 0.6 is 0 Å². The summed E-state index contributed by atoms with van der Waals surface area (Å²) >= 11 is 0. The molecule has 5 nitrogen and oxygen atoms in total. The Morgan fingerprint density at radius 2 is 1.88 bits per heavy atom. The van der Waals surface area contributed by atoms with Gasteiger partial charge < -0.3 is 5.32 Å². The molecule has 0 unspecified atom stereocenters. The fourth-order valence-electron chi connectivity index (χ4n) is 2.91. The number of anilines is 1. The number of fused-ring (bicyclic) bond motifs is 1. The van der Waals surface area contributed by atoms with Gasteiger partial charge in [-0.3, -0.25) is 14.3 Å². The molecule has 0 saturated heterocycles. The van der Waals surface area contributed by atoms with Crippen LogP contribution in [0, 0.1) is 0 Å². The van der Waals surface area contributed by atoms with Gasteiger partial charge in [0.25, 0.3) is 0 Å². The van der Waals surface area contributed by atoms with Crippen molar-refractivity contribution in [2.24, 2.45) is 0 Å². The number of nitrogens with zero attached hydrogens (tertiary/aromatic N) is 2. The first kappa shape index (κ1) is 17.9. The largest absolute Gasteiger partial charge is 0.326 e. The highest BCUT2D eigenvalue weighted by Gasteiger charge is 2.07. The summed E-state index contributed by atoms with van der Waals surface area (Å²) in [6.07, 6.45) is 5.00. The second-order valence-electron chi connectivity index (χ2n) is 6.35. The third-order valence-electron chi connectivity index (χ3n) is 4.37. The quantitative estimate of drug-likeness (QED) is 0.706. The molecule has 0 radical (unpaired) electrons. The van der Waals surface area contributed by atoms with E-state index in [0.717, 1.165) is 17.6 Å². The van der Waals surface area contributed by atoms with Gasteiger partial charge >= 0.3 is 0 Å². The molecule has 26 heavy (non-hydrogen) atoms. The fraction of sp³-hybridized carbons (Fsp3) is 0.286. The van der Waals surface area contributed by atoms with Gasteiger partial charge in [0, 0.05) is 17.5 Å². The maximum Gasteiger partial charge on any atom is 0.226 e. The minimum Gasteiger partial charge on any atom is -0.326 e. The zero-order chi connectivity index (χ0) is 18.4. The van der Waals surface area contributed by atoms with Crippen molar-refractivity contribution in [2.75, 3.05) is 5.32 Å². The Labute approximate surface area is 152 Å². The summed E-state index contributed by atoms with van der Waals surface area (Å²) in [5.41, 5.74) is 2.72. The van der Waals surface area contributed by atoms with Gasteiger partial charge in [0.15, 0.2) is 0 Å². The Kier molecular flexibility index (Phi) is 5.79. The van der Waals surface area contributed by atoms with Crippen molar-refractivity contribution in [2.45, 2.75) is 39.2 Å². The molecule has 0 atom stereocenters. The van der Waals surface area contributed by atoms with E-state index in [2.05, 4.69) is 29.5 Å². The Bertz CT molecular complexity index is 945. The van der Waals surface area contributed by atoms with Crippen LogP contribution in [0.5, 0.6) is 0 Å². The Hall–Kier alpha value is -2.95. The Balaban J connectivity index is 1.61. The van der Waals surface area contributed by atoms with E-state index in [1.165, 1.54) is 24.6 Å². The van der Waals surface area contributed by atoms with E-state index in [1.54, 1.807) is 10.7 Å². The molecule has 3 rings (SSSR count). The van der Waals surface area contributed by atoms with Crippen LogP contribution in [-0.4, -0.2) is 15.7 Å². The van der Waals surface area contributed by atoms with E-state index in [-0.39, 0.29) is 17.8 Å². The van der Waals surface area contributed by atoms with Gasteiger partial charge in [-0.15, -0.1) is 0 Å². The molecule has 1 N–H and O–H groups in total. The van der Waals surface area contributed by atoms with Crippen LogP contribution in [0.15, 0.2) is 59.5 Å². The molecule has 0 fully saturated rings. The van der Waals surface area contributed by atoms with Gasteiger partial charge in [-0.2, -0.15) is 5.10 Å². The molecule has 2 aromatic carbocycles. The first-order valence-electron chi connectivity index (χ1n) is 9.01. The molecule has 0 aliphatic rings. The monoisotopic (exact) mass is 349 g/mol. The van der Waals surface area contributed by atoms with E-state index >= 15 is 0 Å². The second-order valence-corrected chi connectivity index (χ2v) is 6.35. The SMILES string of the molecule is CCCCc1ccc(NC(=O)CCn2ncc(=O)c3ccccc32)cc1. The van der Waals surface area contributed by atoms with Gasteiger partial charge in [0.1, 0.15) is 0 Å². The standard InChI is InChI=1S/C21H23N3O2/c1-2-3-6-16-9-11-17(12-10-16)23-21(26)13-14-24-19-8-5-4-7-18(19)20(25)15-22-24/h4-5,7-12,15H,2-3,6,13-14H2,1H3,(H,23,26). The molecule has 3 aromatic rings. The predicted molar refractivity (Wildman–Crippen MR) is 104 cm³/mol. The third-order valence-corrected chi connectivity index (χ3v) is 4.37. The summed E-state index contributed by atoms with van der Waals surface area (Å²) in [6.45, 7) is 2.59. The van der Waals surface area contributed by atoms with Crippen molar-refractivity contribution in [1.82, 2.24) is 9.78 Å². The summed E-state index contributed by atoms with van der Waals surface area (Å²) in [4.78, 5) is 24.1. The summed E-state index contributed by atoms with van der Waals surface area (Å²) in [5, 5.41) is 7.68. The lowest BCUT2D eigenvalue weighted by Gasteiger charge is -2.10. The van der Waals surface area contributed by atoms with E-state index in [1.807, 2.05) is 30.3 Å². The molecule has 134 valence electrons. The van der Waals surface area contributed by atoms with Crippen molar-refractivity contribution < 1.29 is 4.79 Å². The molecule has 1 amide bonds. The lowest BCUT2D eigenvalue weighted by Crippen LogP contribution is -2.18. The third kappa shape index (κ3) is 4.36. The molecule has 5 heteroatoms. The van der Waals surface area contributed by atoms with Crippen LogP contribution in [0.1, 0.15) is 31.7 Å². The summed E-state index contributed by atoms with van der Waals surface area (Å²) in [6, 6.07) is 15.3. The molecule has 1 heterocycles.